The first-order valence-electron chi connectivity index (χ1n) is 10.4. The quantitative estimate of drug-likeness (QED) is 0.682. The maximum Gasteiger partial charge on any atom is 0.279 e. The summed E-state index contributed by atoms with van der Waals surface area (Å²) in [5.74, 6) is 1.74. The Morgan fingerprint density at radius 1 is 1.10 bits per heavy atom. The third-order valence-corrected chi connectivity index (χ3v) is 7.10. The van der Waals surface area contributed by atoms with Gasteiger partial charge in [0.1, 0.15) is 12.4 Å². The molecule has 1 N–H and O–H groups in total. The first kappa shape index (κ1) is 19.5. The van der Waals surface area contributed by atoms with E-state index in [1.165, 1.54) is 5.56 Å². The van der Waals surface area contributed by atoms with E-state index in [0.29, 0.717) is 17.0 Å². The van der Waals surface area contributed by atoms with Gasteiger partial charge in [-0.2, -0.15) is 0 Å². The van der Waals surface area contributed by atoms with Crippen LogP contribution in [0.15, 0.2) is 48.5 Å². The molecule has 5 rings (SSSR count). The molecule has 0 aliphatic carbocycles. The van der Waals surface area contributed by atoms with Gasteiger partial charge < -0.3 is 14.7 Å². The van der Waals surface area contributed by atoms with E-state index in [-0.39, 0.29) is 12.5 Å². The third kappa shape index (κ3) is 4.05. The summed E-state index contributed by atoms with van der Waals surface area (Å²) in [5.41, 5.74) is 2.22. The zero-order valence-corrected chi connectivity index (χ0v) is 17.6. The number of aliphatic hydroxyl groups excluding tert-OH is 1. The number of fused-ring (bicyclic) bond motifs is 2. The molecule has 1 amide bonds. The van der Waals surface area contributed by atoms with Crippen LogP contribution in [0.4, 0.5) is 0 Å². The van der Waals surface area contributed by atoms with Crippen LogP contribution in [0.1, 0.15) is 12.0 Å². The molecule has 6 nitrogen and oxygen atoms in total. The summed E-state index contributed by atoms with van der Waals surface area (Å²) in [4.78, 5) is 20.6. The Labute approximate surface area is 179 Å². The average Bonchev–Trinajstić information content (AvgIpc) is 3.37. The number of likely N-dealkylation sites (tertiary alicyclic amines) is 2. The van der Waals surface area contributed by atoms with E-state index in [1.807, 2.05) is 35.2 Å². The number of carbonyl (C=O) groups excluding carboxylic acids is 1. The van der Waals surface area contributed by atoms with Gasteiger partial charge in [0.05, 0.1) is 10.2 Å². The number of nitrogens with zero attached hydrogens (tertiary/aromatic N) is 3. The standard InChI is InChI=1S/C23H25N3O3S/c27-15-22(28)26-13-17-9-10-25(12-18(17)14-26)11-16-5-7-19(8-6-16)29-23-24-20-3-1-2-4-21(20)30-23/h1-8,17-18,27H,9-15H2. The first-order valence-corrected chi connectivity index (χ1v) is 11.2. The lowest BCUT2D eigenvalue weighted by Gasteiger charge is -2.34. The molecular weight excluding hydrogens is 398 g/mol. The fourth-order valence-corrected chi connectivity index (χ4v) is 5.44. The van der Waals surface area contributed by atoms with Crippen molar-refractivity contribution in [2.75, 3.05) is 32.8 Å². The van der Waals surface area contributed by atoms with Gasteiger partial charge in [-0.25, -0.2) is 4.98 Å². The molecule has 0 spiro atoms. The van der Waals surface area contributed by atoms with Crippen LogP contribution < -0.4 is 4.74 Å². The Bertz CT molecular complexity index is 1000. The highest BCUT2D eigenvalue weighted by Gasteiger charge is 2.38. The fraction of sp³-hybridized carbons (Fsp3) is 0.391. The molecule has 0 bridgehead atoms. The highest BCUT2D eigenvalue weighted by molar-refractivity contribution is 7.20. The Balaban J connectivity index is 1.18. The van der Waals surface area contributed by atoms with Crippen LogP contribution in [-0.2, 0) is 11.3 Å². The van der Waals surface area contributed by atoms with E-state index < -0.39 is 0 Å². The van der Waals surface area contributed by atoms with Gasteiger partial charge in [-0.15, -0.1) is 0 Å². The fourth-order valence-electron chi connectivity index (χ4n) is 4.61. The number of aromatic nitrogens is 1. The average molecular weight is 424 g/mol. The minimum Gasteiger partial charge on any atom is -0.431 e. The lowest BCUT2D eigenvalue weighted by molar-refractivity contribution is -0.133. The molecule has 0 saturated carbocycles. The van der Waals surface area contributed by atoms with Gasteiger partial charge in [-0.3, -0.25) is 9.69 Å². The first-order chi connectivity index (χ1) is 14.7. The summed E-state index contributed by atoms with van der Waals surface area (Å²) >= 11 is 1.55. The van der Waals surface area contributed by atoms with Gasteiger partial charge in [0.15, 0.2) is 0 Å². The molecule has 2 aliphatic rings. The van der Waals surface area contributed by atoms with Gasteiger partial charge in [0.2, 0.25) is 5.91 Å². The number of para-hydroxylation sites is 1. The van der Waals surface area contributed by atoms with Crippen molar-refractivity contribution >= 4 is 27.5 Å². The lowest BCUT2D eigenvalue weighted by Crippen LogP contribution is -2.39. The summed E-state index contributed by atoms with van der Waals surface area (Å²) in [7, 11) is 0. The molecule has 30 heavy (non-hydrogen) atoms. The zero-order valence-electron chi connectivity index (χ0n) is 16.7. The molecule has 2 aliphatic heterocycles. The van der Waals surface area contributed by atoms with Crippen molar-refractivity contribution in [1.29, 1.82) is 0 Å². The Kier molecular flexibility index (Phi) is 5.41. The number of ether oxygens (including phenoxy) is 1. The van der Waals surface area contributed by atoms with Crippen molar-refractivity contribution in [1.82, 2.24) is 14.8 Å². The molecule has 2 unspecified atom stereocenters. The van der Waals surface area contributed by atoms with Crippen LogP contribution >= 0.6 is 11.3 Å². The molecule has 1 aromatic heterocycles. The molecule has 0 radical (unpaired) electrons. The normalized spacial score (nSPS) is 21.7. The Morgan fingerprint density at radius 3 is 2.70 bits per heavy atom. The number of carbonyl (C=O) groups is 1. The van der Waals surface area contributed by atoms with Gasteiger partial charge in [-0.1, -0.05) is 35.6 Å². The number of hydrogen-bond acceptors (Lipinski definition) is 6. The van der Waals surface area contributed by atoms with Crippen molar-refractivity contribution in [2.45, 2.75) is 13.0 Å². The summed E-state index contributed by atoms with van der Waals surface area (Å²) in [6.45, 7) is 4.15. The summed E-state index contributed by atoms with van der Waals surface area (Å²) in [6.07, 6.45) is 1.11. The predicted molar refractivity (Wildman–Crippen MR) is 117 cm³/mol. The van der Waals surface area contributed by atoms with E-state index in [1.54, 1.807) is 11.3 Å². The number of piperidine rings is 1. The van der Waals surface area contributed by atoms with Gasteiger partial charge >= 0.3 is 0 Å². The van der Waals surface area contributed by atoms with Gasteiger partial charge in [0, 0.05) is 26.2 Å². The third-order valence-electron chi connectivity index (χ3n) is 6.18. The van der Waals surface area contributed by atoms with Crippen LogP contribution in [0, 0.1) is 11.8 Å². The maximum absolute atomic E-state index is 11.8. The number of benzene rings is 2. The van der Waals surface area contributed by atoms with Crippen LogP contribution in [0.5, 0.6) is 10.9 Å². The van der Waals surface area contributed by atoms with Crippen LogP contribution in [0.25, 0.3) is 10.2 Å². The minimum atomic E-state index is -0.380. The van der Waals surface area contributed by atoms with E-state index >= 15 is 0 Å². The summed E-state index contributed by atoms with van der Waals surface area (Å²) in [5, 5.41) is 9.77. The van der Waals surface area contributed by atoms with Crippen LogP contribution in [0.2, 0.25) is 0 Å². The Morgan fingerprint density at radius 2 is 1.90 bits per heavy atom. The van der Waals surface area contributed by atoms with E-state index in [0.717, 1.165) is 55.1 Å². The smallest absolute Gasteiger partial charge is 0.279 e. The minimum absolute atomic E-state index is 0.139. The monoisotopic (exact) mass is 423 g/mol. The molecule has 3 heterocycles. The van der Waals surface area contributed by atoms with E-state index in [9.17, 15) is 4.79 Å². The van der Waals surface area contributed by atoms with Crippen molar-refractivity contribution in [2.24, 2.45) is 11.8 Å². The molecular formula is C23H25N3O3S. The molecule has 2 saturated heterocycles. The molecule has 2 aromatic carbocycles. The number of thiazole rings is 1. The Hall–Kier alpha value is -2.48. The number of rotatable bonds is 5. The van der Waals surface area contributed by atoms with Crippen LogP contribution in [-0.4, -0.2) is 58.6 Å². The molecule has 2 fully saturated rings. The summed E-state index contributed by atoms with van der Waals surface area (Å²) in [6, 6.07) is 16.3. The highest BCUT2D eigenvalue weighted by Crippen LogP contribution is 2.33. The number of amides is 1. The second-order valence-corrected chi connectivity index (χ2v) is 9.19. The van der Waals surface area contributed by atoms with Crippen molar-refractivity contribution in [3.05, 3.63) is 54.1 Å². The number of hydrogen-bond donors (Lipinski definition) is 1. The zero-order chi connectivity index (χ0) is 20.5. The molecule has 2 atom stereocenters. The van der Waals surface area contributed by atoms with E-state index in [4.69, 9.17) is 9.84 Å². The predicted octanol–water partition coefficient (Wildman–Crippen LogP) is 3.36. The van der Waals surface area contributed by atoms with Gasteiger partial charge in [0.25, 0.3) is 5.19 Å². The second-order valence-electron chi connectivity index (χ2n) is 8.19. The second kappa shape index (κ2) is 8.34. The molecule has 156 valence electrons. The molecule has 3 aromatic rings. The van der Waals surface area contributed by atoms with Crippen molar-refractivity contribution < 1.29 is 14.6 Å². The summed E-state index contributed by atoms with van der Waals surface area (Å²) < 4.78 is 7.07. The van der Waals surface area contributed by atoms with Crippen molar-refractivity contribution in [3.8, 4) is 10.9 Å². The SMILES string of the molecule is O=C(CO)N1CC2CCN(Cc3ccc(Oc4nc5ccccc5s4)cc3)CC2C1. The lowest BCUT2D eigenvalue weighted by atomic mass is 9.88. The molecule has 7 heteroatoms. The van der Waals surface area contributed by atoms with Crippen molar-refractivity contribution in [3.63, 3.8) is 0 Å². The largest absolute Gasteiger partial charge is 0.431 e. The number of aliphatic hydroxyl groups is 1. The maximum atomic E-state index is 11.8. The van der Waals surface area contributed by atoms with E-state index in [2.05, 4.69) is 28.1 Å². The van der Waals surface area contributed by atoms with Gasteiger partial charge in [-0.05, 0) is 54.6 Å². The van der Waals surface area contributed by atoms with Crippen LogP contribution in [0.3, 0.4) is 0 Å². The topological polar surface area (TPSA) is 65.9 Å². The highest BCUT2D eigenvalue weighted by atomic mass is 32.1.